The first-order chi connectivity index (χ1) is 11.2. The van der Waals surface area contributed by atoms with Crippen LogP contribution in [0.5, 0.6) is 0 Å². The molecule has 0 spiro atoms. The standard InChI is InChI=1S/C16H21N5O2/c22-15-3-1-2-12(10-15)11-17-16(23)20-13-4-6-14(7-5-13)21-18-8-9-19-21/h4-9,12,15,22H,1-3,10-11H2,(H2,17,20,23). The van der Waals surface area contributed by atoms with Crippen molar-refractivity contribution in [3.8, 4) is 5.69 Å². The third kappa shape index (κ3) is 4.29. The van der Waals surface area contributed by atoms with Crippen LogP contribution in [-0.2, 0) is 0 Å². The van der Waals surface area contributed by atoms with Gasteiger partial charge in [-0.1, -0.05) is 6.42 Å². The van der Waals surface area contributed by atoms with Crippen LogP contribution < -0.4 is 10.6 Å². The van der Waals surface area contributed by atoms with Crippen LogP contribution in [0.1, 0.15) is 25.7 Å². The summed E-state index contributed by atoms with van der Waals surface area (Å²) < 4.78 is 0. The van der Waals surface area contributed by atoms with Crippen molar-refractivity contribution >= 4 is 11.7 Å². The Morgan fingerprint density at radius 2 is 1.96 bits per heavy atom. The maximum atomic E-state index is 11.9. The second-order valence-corrected chi connectivity index (χ2v) is 5.89. The van der Waals surface area contributed by atoms with E-state index in [9.17, 15) is 9.90 Å². The maximum absolute atomic E-state index is 11.9. The maximum Gasteiger partial charge on any atom is 0.319 e. The minimum atomic E-state index is -0.227. The van der Waals surface area contributed by atoms with Gasteiger partial charge in [-0.25, -0.2) is 4.79 Å². The second-order valence-electron chi connectivity index (χ2n) is 5.89. The molecule has 1 aliphatic carbocycles. The predicted molar refractivity (Wildman–Crippen MR) is 86.3 cm³/mol. The highest BCUT2D eigenvalue weighted by Crippen LogP contribution is 2.23. The van der Waals surface area contributed by atoms with E-state index in [-0.39, 0.29) is 12.1 Å². The molecule has 1 heterocycles. The molecule has 122 valence electrons. The van der Waals surface area contributed by atoms with Gasteiger partial charge in [0, 0.05) is 12.2 Å². The Labute approximate surface area is 134 Å². The number of benzene rings is 1. The molecule has 1 aromatic heterocycles. The van der Waals surface area contributed by atoms with E-state index in [0.717, 1.165) is 31.4 Å². The number of hydrogen-bond donors (Lipinski definition) is 3. The molecule has 7 nitrogen and oxygen atoms in total. The molecule has 2 atom stereocenters. The number of hydrogen-bond acceptors (Lipinski definition) is 4. The van der Waals surface area contributed by atoms with Gasteiger partial charge in [-0.15, -0.1) is 0 Å². The van der Waals surface area contributed by atoms with Gasteiger partial charge >= 0.3 is 6.03 Å². The summed E-state index contributed by atoms with van der Waals surface area (Å²) in [5.41, 5.74) is 1.54. The number of urea groups is 1. The number of carbonyl (C=O) groups excluding carboxylic acids is 1. The van der Waals surface area contributed by atoms with E-state index in [0.29, 0.717) is 18.2 Å². The Kier molecular flexibility index (Phi) is 4.87. The Morgan fingerprint density at radius 3 is 2.65 bits per heavy atom. The van der Waals surface area contributed by atoms with Gasteiger partial charge in [-0.3, -0.25) is 0 Å². The van der Waals surface area contributed by atoms with Crippen LogP contribution in [0.25, 0.3) is 5.69 Å². The van der Waals surface area contributed by atoms with Crippen molar-refractivity contribution < 1.29 is 9.90 Å². The number of nitrogens with zero attached hydrogens (tertiary/aromatic N) is 3. The molecular formula is C16H21N5O2. The average molecular weight is 315 g/mol. The van der Waals surface area contributed by atoms with E-state index >= 15 is 0 Å². The monoisotopic (exact) mass is 315 g/mol. The number of carbonyl (C=O) groups is 1. The summed E-state index contributed by atoms with van der Waals surface area (Å²) in [6.07, 6.45) is 6.73. The first kappa shape index (κ1) is 15.5. The number of aromatic nitrogens is 3. The van der Waals surface area contributed by atoms with Crippen LogP contribution in [0.3, 0.4) is 0 Å². The van der Waals surface area contributed by atoms with Crippen molar-refractivity contribution in [3.63, 3.8) is 0 Å². The highest BCUT2D eigenvalue weighted by Gasteiger charge is 2.20. The lowest BCUT2D eigenvalue weighted by Crippen LogP contribution is -2.35. The van der Waals surface area contributed by atoms with E-state index in [1.807, 2.05) is 24.3 Å². The van der Waals surface area contributed by atoms with Crippen molar-refractivity contribution in [2.45, 2.75) is 31.8 Å². The lowest BCUT2D eigenvalue weighted by Gasteiger charge is -2.25. The van der Waals surface area contributed by atoms with Crippen LogP contribution in [0.15, 0.2) is 36.7 Å². The largest absolute Gasteiger partial charge is 0.393 e. The van der Waals surface area contributed by atoms with Gasteiger partial charge in [0.05, 0.1) is 24.2 Å². The minimum Gasteiger partial charge on any atom is -0.393 e. The average Bonchev–Trinajstić information content (AvgIpc) is 3.08. The minimum absolute atomic E-state index is 0.220. The normalized spacial score (nSPS) is 20.9. The third-order valence-electron chi connectivity index (χ3n) is 4.08. The van der Waals surface area contributed by atoms with Crippen molar-refractivity contribution in [1.29, 1.82) is 0 Å². The summed E-state index contributed by atoms with van der Waals surface area (Å²) in [6, 6.07) is 7.07. The molecule has 23 heavy (non-hydrogen) atoms. The number of aliphatic hydroxyl groups excluding tert-OH is 1. The number of rotatable bonds is 4. The fourth-order valence-electron chi connectivity index (χ4n) is 2.89. The Balaban J connectivity index is 1.48. The van der Waals surface area contributed by atoms with E-state index in [4.69, 9.17) is 0 Å². The summed E-state index contributed by atoms with van der Waals surface area (Å²) >= 11 is 0. The number of aliphatic hydroxyl groups is 1. The van der Waals surface area contributed by atoms with Gasteiger partial charge in [0.2, 0.25) is 0 Å². The van der Waals surface area contributed by atoms with Gasteiger partial charge in [0.15, 0.2) is 0 Å². The molecule has 3 rings (SSSR count). The van der Waals surface area contributed by atoms with Crippen LogP contribution >= 0.6 is 0 Å². The second kappa shape index (κ2) is 7.23. The molecule has 3 N–H and O–H groups in total. The van der Waals surface area contributed by atoms with Gasteiger partial charge in [-0.2, -0.15) is 15.0 Å². The molecule has 0 radical (unpaired) electrons. The molecule has 0 saturated heterocycles. The summed E-state index contributed by atoms with van der Waals surface area (Å²) in [7, 11) is 0. The Bertz CT molecular complexity index is 626. The highest BCUT2D eigenvalue weighted by atomic mass is 16.3. The smallest absolute Gasteiger partial charge is 0.319 e. The first-order valence-electron chi connectivity index (χ1n) is 7.90. The zero-order valence-electron chi connectivity index (χ0n) is 12.9. The molecule has 1 fully saturated rings. The molecule has 0 bridgehead atoms. The van der Waals surface area contributed by atoms with Crippen molar-refractivity contribution in [2.75, 3.05) is 11.9 Å². The van der Waals surface area contributed by atoms with Crippen molar-refractivity contribution in [3.05, 3.63) is 36.7 Å². The van der Waals surface area contributed by atoms with Crippen LogP contribution in [0.4, 0.5) is 10.5 Å². The summed E-state index contributed by atoms with van der Waals surface area (Å²) in [5, 5.41) is 23.4. The third-order valence-corrected chi connectivity index (χ3v) is 4.08. The van der Waals surface area contributed by atoms with Crippen LogP contribution in [0, 0.1) is 5.92 Å². The van der Waals surface area contributed by atoms with Crippen LogP contribution in [0.2, 0.25) is 0 Å². The van der Waals surface area contributed by atoms with Gasteiger partial charge in [0.25, 0.3) is 0 Å². The SMILES string of the molecule is O=C(NCC1CCCC(O)C1)Nc1ccc(-n2nccn2)cc1. The van der Waals surface area contributed by atoms with Gasteiger partial charge < -0.3 is 15.7 Å². The quantitative estimate of drug-likeness (QED) is 0.804. The fourth-order valence-corrected chi connectivity index (χ4v) is 2.89. The molecule has 1 saturated carbocycles. The van der Waals surface area contributed by atoms with Gasteiger partial charge in [-0.05, 0) is 49.4 Å². The summed E-state index contributed by atoms with van der Waals surface area (Å²) in [5.74, 6) is 0.359. The summed E-state index contributed by atoms with van der Waals surface area (Å²) in [6.45, 7) is 0.595. The molecule has 0 aliphatic heterocycles. The van der Waals surface area contributed by atoms with Crippen molar-refractivity contribution in [1.82, 2.24) is 20.3 Å². The zero-order valence-corrected chi connectivity index (χ0v) is 12.9. The molecule has 2 aromatic rings. The summed E-state index contributed by atoms with van der Waals surface area (Å²) in [4.78, 5) is 13.4. The van der Waals surface area contributed by atoms with Crippen molar-refractivity contribution in [2.24, 2.45) is 5.92 Å². The number of anilines is 1. The van der Waals surface area contributed by atoms with E-state index < -0.39 is 0 Å². The van der Waals surface area contributed by atoms with E-state index in [1.54, 1.807) is 12.4 Å². The first-order valence-corrected chi connectivity index (χ1v) is 7.90. The topological polar surface area (TPSA) is 92.1 Å². The molecule has 1 aromatic carbocycles. The Hall–Kier alpha value is -2.41. The molecule has 2 amide bonds. The van der Waals surface area contributed by atoms with Gasteiger partial charge in [0.1, 0.15) is 0 Å². The number of nitrogens with one attached hydrogen (secondary N) is 2. The highest BCUT2D eigenvalue weighted by molar-refractivity contribution is 5.89. The Morgan fingerprint density at radius 1 is 1.22 bits per heavy atom. The van der Waals surface area contributed by atoms with E-state index in [2.05, 4.69) is 20.8 Å². The number of amides is 2. The molecule has 7 heteroatoms. The molecular weight excluding hydrogens is 294 g/mol. The lowest BCUT2D eigenvalue weighted by molar-refractivity contribution is 0.101. The molecule has 2 unspecified atom stereocenters. The predicted octanol–water partition coefficient (Wildman–Crippen LogP) is 1.94. The molecule has 1 aliphatic rings. The fraction of sp³-hybridized carbons (Fsp3) is 0.438. The zero-order chi connectivity index (χ0) is 16.1. The van der Waals surface area contributed by atoms with E-state index in [1.165, 1.54) is 4.80 Å². The lowest BCUT2D eigenvalue weighted by atomic mass is 9.87. The van der Waals surface area contributed by atoms with Crippen LogP contribution in [-0.4, -0.2) is 38.8 Å².